The second-order valence-corrected chi connectivity index (χ2v) is 18.1. The number of benzene rings is 7. The average Bonchev–Trinajstić information content (AvgIpc) is 3.75. The summed E-state index contributed by atoms with van der Waals surface area (Å²) in [4.78, 5) is 48.3. The third-order valence-electron chi connectivity index (χ3n) is 12.9. The molecule has 0 radical (unpaired) electrons. The van der Waals surface area contributed by atoms with Crippen molar-refractivity contribution in [3.63, 3.8) is 0 Å². The van der Waals surface area contributed by atoms with Crippen LogP contribution in [0.2, 0.25) is 0 Å². The van der Waals surface area contributed by atoms with Gasteiger partial charge in [-0.15, -0.1) is 0 Å². The first-order valence-corrected chi connectivity index (χ1v) is 24.1. The van der Waals surface area contributed by atoms with Gasteiger partial charge in [-0.2, -0.15) is 13.2 Å². The number of rotatable bonds is 9. The number of nitrogens with zero attached hydrogens (tertiary/aromatic N) is 11. The summed E-state index contributed by atoms with van der Waals surface area (Å²) in [7, 11) is 0. The van der Waals surface area contributed by atoms with E-state index in [0.29, 0.717) is 91.3 Å². The standard InChI is InChI=1S/C61H42F3N11/c1-35-65-36(2)68-58(67-35)43-25-27-54-46(29-43)47-30-44(59-69-37(3)66-38(4)70-59)26-28-55(47)75(54)56-48(53-34-52(41-21-13-7-14-22-41)71-57(74-53)42-23-15-8-16-24-42)31-45(61(62,63)64)32-49(56)60-72-50(39-17-9-5-10-18-39)33-51(73-60)40-19-11-6-12-20-40/h5-34H,1-4H3. The van der Waals surface area contributed by atoms with Gasteiger partial charge < -0.3 is 4.57 Å². The Morgan fingerprint density at radius 1 is 0.320 bits per heavy atom. The maximum Gasteiger partial charge on any atom is 0.416 e. The van der Waals surface area contributed by atoms with Gasteiger partial charge in [0.2, 0.25) is 0 Å². The van der Waals surface area contributed by atoms with Gasteiger partial charge in [-0.05, 0) is 88.4 Å². The van der Waals surface area contributed by atoms with E-state index >= 15 is 13.2 Å². The van der Waals surface area contributed by atoms with Crippen molar-refractivity contribution in [1.82, 2.24) is 54.4 Å². The summed E-state index contributed by atoms with van der Waals surface area (Å²) in [6.07, 6.45) is -4.83. The fraction of sp³-hybridized carbons (Fsp3) is 0.0820. The van der Waals surface area contributed by atoms with Crippen LogP contribution in [0.4, 0.5) is 13.2 Å². The Labute approximate surface area is 428 Å². The van der Waals surface area contributed by atoms with Crippen LogP contribution in [0, 0.1) is 27.7 Å². The molecule has 0 bridgehead atoms. The van der Waals surface area contributed by atoms with Crippen LogP contribution in [0.15, 0.2) is 182 Å². The van der Waals surface area contributed by atoms with E-state index < -0.39 is 11.7 Å². The van der Waals surface area contributed by atoms with Gasteiger partial charge in [0.15, 0.2) is 23.3 Å². The average molecular weight is 986 g/mol. The summed E-state index contributed by atoms with van der Waals surface area (Å²) >= 11 is 0. The summed E-state index contributed by atoms with van der Waals surface area (Å²) in [5.74, 6) is 3.57. The van der Waals surface area contributed by atoms with Crippen molar-refractivity contribution in [2.75, 3.05) is 0 Å². The molecule has 362 valence electrons. The molecule has 0 spiro atoms. The zero-order chi connectivity index (χ0) is 51.4. The van der Waals surface area contributed by atoms with Crippen molar-refractivity contribution in [1.29, 1.82) is 0 Å². The predicted molar refractivity (Wildman–Crippen MR) is 286 cm³/mol. The molecule has 12 rings (SSSR count). The van der Waals surface area contributed by atoms with Gasteiger partial charge in [0.05, 0.1) is 45.1 Å². The number of hydrogen-bond donors (Lipinski definition) is 0. The van der Waals surface area contributed by atoms with Crippen LogP contribution in [0.25, 0.3) is 118 Å². The highest BCUT2D eigenvalue weighted by molar-refractivity contribution is 6.12. The molecule has 11 nitrogen and oxygen atoms in total. The lowest BCUT2D eigenvalue weighted by Gasteiger charge is -2.22. The van der Waals surface area contributed by atoms with E-state index in [0.717, 1.165) is 33.5 Å². The molecule has 5 aromatic heterocycles. The third-order valence-corrected chi connectivity index (χ3v) is 12.9. The Kier molecular flexibility index (Phi) is 11.6. The van der Waals surface area contributed by atoms with E-state index in [1.54, 1.807) is 6.07 Å². The highest BCUT2D eigenvalue weighted by atomic mass is 19.4. The molecule has 14 heteroatoms. The number of halogens is 3. The Hall–Kier alpha value is -9.69. The summed E-state index contributed by atoms with van der Waals surface area (Å²) in [6.45, 7) is 7.27. The summed E-state index contributed by atoms with van der Waals surface area (Å²) in [5.41, 5.74) is 7.17. The van der Waals surface area contributed by atoms with Crippen LogP contribution in [0.3, 0.4) is 0 Å². The molecular formula is C61H42F3N11. The van der Waals surface area contributed by atoms with Crippen molar-refractivity contribution in [3.8, 4) is 96.3 Å². The molecule has 75 heavy (non-hydrogen) atoms. The third kappa shape index (κ3) is 9.03. The number of fused-ring (bicyclic) bond motifs is 3. The van der Waals surface area contributed by atoms with E-state index in [1.807, 2.05) is 196 Å². The quantitative estimate of drug-likeness (QED) is 0.138. The Balaban J connectivity index is 1.25. The normalized spacial score (nSPS) is 11.7. The minimum atomic E-state index is -4.83. The molecule has 0 fully saturated rings. The molecule has 0 aliphatic carbocycles. The molecule has 0 unspecified atom stereocenters. The van der Waals surface area contributed by atoms with Gasteiger partial charge in [0, 0.05) is 55.3 Å². The van der Waals surface area contributed by atoms with Crippen LogP contribution in [-0.2, 0) is 6.18 Å². The van der Waals surface area contributed by atoms with E-state index in [9.17, 15) is 0 Å². The Bertz CT molecular complexity index is 3740. The van der Waals surface area contributed by atoms with Crippen LogP contribution < -0.4 is 0 Å². The number of aryl methyl sites for hydroxylation is 4. The second-order valence-electron chi connectivity index (χ2n) is 18.1. The van der Waals surface area contributed by atoms with Gasteiger partial charge in [0.25, 0.3) is 0 Å². The lowest BCUT2D eigenvalue weighted by Crippen LogP contribution is -2.11. The molecule has 0 saturated heterocycles. The molecule has 0 aliphatic rings. The molecule has 0 saturated carbocycles. The fourth-order valence-corrected chi connectivity index (χ4v) is 9.58. The van der Waals surface area contributed by atoms with Gasteiger partial charge >= 0.3 is 6.18 Å². The first-order valence-electron chi connectivity index (χ1n) is 24.1. The van der Waals surface area contributed by atoms with Crippen LogP contribution >= 0.6 is 0 Å². The van der Waals surface area contributed by atoms with Gasteiger partial charge in [-0.1, -0.05) is 121 Å². The van der Waals surface area contributed by atoms with Gasteiger partial charge in [-0.3, -0.25) is 0 Å². The minimum absolute atomic E-state index is 0.0636. The molecule has 12 aromatic rings. The predicted octanol–water partition coefficient (Wildman–Crippen LogP) is 14.3. The summed E-state index contributed by atoms with van der Waals surface area (Å²) < 4.78 is 49.8. The zero-order valence-corrected chi connectivity index (χ0v) is 40.9. The maximum atomic E-state index is 15.9. The Morgan fingerprint density at radius 3 is 1.11 bits per heavy atom. The summed E-state index contributed by atoms with van der Waals surface area (Å²) in [6, 6.07) is 55.7. The molecule has 0 aliphatic heterocycles. The van der Waals surface area contributed by atoms with E-state index in [1.165, 1.54) is 6.07 Å². The molecule has 7 aromatic carbocycles. The lowest BCUT2D eigenvalue weighted by molar-refractivity contribution is -0.137. The molecule has 0 N–H and O–H groups in total. The largest absolute Gasteiger partial charge is 0.416 e. The maximum absolute atomic E-state index is 15.9. The van der Waals surface area contributed by atoms with E-state index in [2.05, 4.69) is 9.97 Å². The highest BCUT2D eigenvalue weighted by Crippen LogP contribution is 2.46. The van der Waals surface area contributed by atoms with Crippen molar-refractivity contribution < 1.29 is 13.2 Å². The highest BCUT2D eigenvalue weighted by Gasteiger charge is 2.35. The van der Waals surface area contributed by atoms with Crippen molar-refractivity contribution in [3.05, 3.63) is 211 Å². The number of alkyl halides is 3. The van der Waals surface area contributed by atoms with Crippen molar-refractivity contribution in [2.24, 2.45) is 0 Å². The second kappa shape index (κ2) is 18.7. The van der Waals surface area contributed by atoms with Gasteiger partial charge in [-0.25, -0.2) is 49.8 Å². The van der Waals surface area contributed by atoms with E-state index in [-0.39, 0.29) is 22.6 Å². The first-order chi connectivity index (χ1) is 36.4. The van der Waals surface area contributed by atoms with Crippen LogP contribution in [0.1, 0.15) is 28.9 Å². The SMILES string of the molecule is Cc1nc(C)nc(-c2ccc3c(c2)c2cc(-c4nc(C)nc(C)n4)ccc2n3-c2c(-c3cc(-c4ccccc4)nc(-c4ccccc4)n3)cc(C(F)(F)F)cc2-c2nc(-c3ccccc3)cc(-c3ccccc3)n2)n1. The van der Waals surface area contributed by atoms with Crippen LogP contribution in [0.5, 0.6) is 0 Å². The molecule has 0 amide bonds. The van der Waals surface area contributed by atoms with Crippen molar-refractivity contribution in [2.45, 2.75) is 33.9 Å². The van der Waals surface area contributed by atoms with Gasteiger partial charge in [0.1, 0.15) is 23.3 Å². The van der Waals surface area contributed by atoms with Crippen LogP contribution in [-0.4, -0.2) is 54.4 Å². The fourth-order valence-electron chi connectivity index (χ4n) is 9.58. The molecule has 0 atom stereocenters. The minimum Gasteiger partial charge on any atom is -0.308 e. The lowest BCUT2D eigenvalue weighted by atomic mass is 9.96. The number of hydrogen-bond acceptors (Lipinski definition) is 10. The Morgan fingerprint density at radius 2 is 0.680 bits per heavy atom. The smallest absolute Gasteiger partial charge is 0.308 e. The monoisotopic (exact) mass is 985 g/mol. The number of aromatic nitrogens is 11. The summed E-state index contributed by atoms with van der Waals surface area (Å²) in [5, 5.41) is 1.50. The molecule has 5 heterocycles. The zero-order valence-electron chi connectivity index (χ0n) is 40.9. The topological polar surface area (TPSA) is 134 Å². The van der Waals surface area contributed by atoms with Crippen molar-refractivity contribution >= 4 is 21.8 Å². The molecular weight excluding hydrogens is 944 g/mol. The van der Waals surface area contributed by atoms with E-state index in [4.69, 9.17) is 39.9 Å². The first kappa shape index (κ1) is 46.4.